The standard InChI is InChI=1S/C21H21NO6/c1-14(23)21(16-7-11-18(27-2)12-8-16)13-3-4-19(21)28-20(24)15-5-9-17(10-6-15)22(25)26/h5-12,19H,3-4,13H2,1-2H3/t19-,21-/m1/s1. The molecule has 2 aromatic rings. The number of ketones is 1. The molecule has 0 bridgehead atoms. The lowest BCUT2D eigenvalue weighted by molar-refractivity contribution is -0.384. The first-order valence-corrected chi connectivity index (χ1v) is 8.99. The smallest absolute Gasteiger partial charge is 0.338 e. The molecule has 2 aromatic carbocycles. The lowest BCUT2D eigenvalue weighted by Gasteiger charge is -2.33. The van der Waals surface area contributed by atoms with Crippen LogP contribution in [0.15, 0.2) is 48.5 Å². The van der Waals surface area contributed by atoms with E-state index in [-0.39, 0.29) is 17.0 Å². The molecule has 0 unspecified atom stereocenters. The molecular formula is C21H21NO6. The molecule has 28 heavy (non-hydrogen) atoms. The third-order valence-corrected chi connectivity index (χ3v) is 5.38. The van der Waals surface area contributed by atoms with Crippen molar-refractivity contribution in [3.63, 3.8) is 0 Å². The van der Waals surface area contributed by atoms with E-state index in [9.17, 15) is 19.7 Å². The minimum atomic E-state index is -0.900. The van der Waals surface area contributed by atoms with Gasteiger partial charge in [-0.1, -0.05) is 12.1 Å². The minimum absolute atomic E-state index is 0.0586. The molecule has 0 radical (unpaired) electrons. The summed E-state index contributed by atoms with van der Waals surface area (Å²) in [6.45, 7) is 1.52. The Labute approximate surface area is 162 Å². The van der Waals surface area contributed by atoms with E-state index in [4.69, 9.17) is 9.47 Å². The summed E-state index contributed by atoms with van der Waals surface area (Å²) in [4.78, 5) is 35.5. The van der Waals surface area contributed by atoms with Crippen LogP contribution in [-0.2, 0) is 14.9 Å². The maximum Gasteiger partial charge on any atom is 0.338 e. The van der Waals surface area contributed by atoms with Gasteiger partial charge in [-0.15, -0.1) is 0 Å². The molecular weight excluding hydrogens is 362 g/mol. The monoisotopic (exact) mass is 383 g/mol. The number of nitro groups is 1. The third-order valence-electron chi connectivity index (χ3n) is 5.38. The predicted octanol–water partition coefficient (Wildman–Crippen LogP) is 3.84. The highest BCUT2D eigenvalue weighted by molar-refractivity contribution is 5.92. The molecule has 1 aliphatic carbocycles. The number of nitro benzene ring substituents is 1. The predicted molar refractivity (Wildman–Crippen MR) is 102 cm³/mol. The molecule has 0 spiro atoms. The summed E-state index contributed by atoms with van der Waals surface area (Å²) in [5.74, 6) is 0.0254. The van der Waals surface area contributed by atoms with Crippen molar-refractivity contribution in [1.29, 1.82) is 0 Å². The van der Waals surface area contributed by atoms with Crippen molar-refractivity contribution in [2.45, 2.75) is 37.7 Å². The topological polar surface area (TPSA) is 95.7 Å². The summed E-state index contributed by atoms with van der Waals surface area (Å²) in [5, 5.41) is 10.8. The second-order valence-corrected chi connectivity index (χ2v) is 6.85. The quantitative estimate of drug-likeness (QED) is 0.427. The van der Waals surface area contributed by atoms with E-state index < -0.39 is 22.4 Å². The molecule has 0 heterocycles. The third kappa shape index (κ3) is 3.47. The van der Waals surface area contributed by atoms with E-state index in [1.807, 2.05) is 12.1 Å². The summed E-state index contributed by atoms with van der Waals surface area (Å²) >= 11 is 0. The number of esters is 1. The number of hydrogen-bond acceptors (Lipinski definition) is 6. The molecule has 3 rings (SSSR count). The van der Waals surface area contributed by atoms with Crippen molar-refractivity contribution < 1.29 is 24.0 Å². The lowest BCUT2D eigenvalue weighted by Crippen LogP contribution is -2.44. The Hall–Kier alpha value is -3.22. The molecule has 0 aromatic heterocycles. The summed E-state index contributed by atoms with van der Waals surface area (Å²) in [5.41, 5.74) is 0.00103. The average Bonchev–Trinajstić information content (AvgIpc) is 3.12. The number of benzene rings is 2. The molecule has 2 atom stereocenters. The first-order chi connectivity index (χ1) is 13.4. The van der Waals surface area contributed by atoms with Gasteiger partial charge in [-0.3, -0.25) is 14.9 Å². The molecule has 0 saturated heterocycles. The number of carbonyl (C=O) groups excluding carboxylic acids is 2. The maximum atomic E-state index is 12.7. The number of non-ortho nitro benzene ring substituents is 1. The van der Waals surface area contributed by atoms with Crippen LogP contribution >= 0.6 is 0 Å². The van der Waals surface area contributed by atoms with E-state index in [2.05, 4.69) is 0 Å². The van der Waals surface area contributed by atoms with E-state index in [1.165, 1.54) is 31.2 Å². The Bertz CT molecular complexity index is 890. The Morgan fingerprint density at radius 3 is 2.29 bits per heavy atom. The van der Waals surface area contributed by atoms with Crippen molar-refractivity contribution in [1.82, 2.24) is 0 Å². The molecule has 0 amide bonds. The average molecular weight is 383 g/mol. The lowest BCUT2D eigenvalue weighted by atomic mass is 9.74. The zero-order valence-corrected chi connectivity index (χ0v) is 15.7. The van der Waals surface area contributed by atoms with E-state index in [0.717, 1.165) is 12.0 Å². The number of Topliss-reactive ketones (excluding diaryl/α,β-unsaturated/α-hetero) is 1. The highest BCUT2D eigenvalue weighted by Gasteiger charge is 2.50. The van der Waals surface area contributed by atoms with Gasteiger partial charge in [-0.05, 0) is 56.0 Å². The number of ether oxygens (including phenoxy) is 2. The second-order valence-electron chi connectivity index (χ2n) is 6.85. The Morgan fingerprint density at radius 1 is 1.11 bits per heavy atom. The first-order valence-electron chi connectivity index (χ1n) is 8.99. The maximum absolute atomic E-state index is 12.7. The van der Waals surface area contributed by atoms with Crippen LogP contribution in [0.4, 0.5) is 5.69 Å². The first kappa shape index (κ1) is 19.5. The van der Waals surface area contributed by atoms with Gasteiger partial charge in [0, 0.05) is 12.1 Å². The Balaban J connectivity index is 1.87. The number of hydrogen-bond donors (Lipinski definition) is 0. The highest BCUT2D eigenvalue weighted by Crippen LogP contribution is 2.44. The summed E-state index contributed by atoms with van der Waals surface area (Å²) < 4.78 is 10.9. The van der Waals surface area contributed by atoms with Gasteiger partial charge in [-0.25, -0.2) is 4.79 Å². The van der Waals surface area contributed by atoms with Crippen molar-refractivity contribution in [2.75, 3.05) is 7.11 Å². The van der Waals surface area contributed by atoms with E-state index >= 15 is 0 Å². The largest absolute Gasteiger partial charge is 0.497 e. The molecule has 0 N–H and O–H groups in total. The van der Waals surface area contributed by atoms with Crippen LogP contribution in [0.1, 0.15) is 42.1 Å². The highest BCUT2D eigenvalue weighted by atomic mass is 16.6. The van der Waals surface area contributed by atoms with Gasteiger partial charge in [0.25, 0.3) is 5.69 Å². The van der Waals surface area contributed by atoms with Gasteiger partial charge in [0.1, 0.15) is 17.6 Å². The van der Waals surface area contributed by atoms with Crippen LogP contribution in [0, 0.1) is 10.1 Å². The van der Waals surface area contributed by atoms with Crippen LogP contribution in [0.2, 0.25) is 0 Å². The van der Waals surface area contributed by atoms with Crippen LogP contribution in [0.25, 0.3) is 0 Å². The van der Waals surface area contributed by atoms with Gasteiger partial charge in [0.15, 0.2) is 0 Å². The fourth-order valence-electron chi connectivity index (χ4n) is 3.87. The fourth-order valence-corrected chi connectivity index (χ4v) is 3.87. The van der Waals surface area contributed by atoms with Gasteiger partial charge in [-0.2, -0.15) is 0 Å². The number of carbonyl (C=O) groups is 2. The van der Waals surface area contributed by atoms with E-state index in [0.29, 0.717) is 18.6 Å². The van der Waals surface area contributed by atoms with Crippen molar-refractivity contribution >= 4 is 17.4 Å². The van der Waals surface area contributed by atoms with Gasteiger partial charge in [0.05, 0.1) is 23.0 Å². The zero-order chi connectivity index (χ0) is 20.3. The number of methoxy groups -OCH3 is 1. The van der Waals surface area contributed by atoms with Crippen LogP contribution in [-0.4, -0.2) is 29.9 Å². The Morgan fingerprint density at radius 2 is 1.75 bits per heavy atom. The van der Waals surface area contributed by atoms with E-state index in [1.54, 1.807) is 19.2 Å². The number of nitrogens with zero attached hydrogens (tertiary/aromatic N) is 1. The fraction of sp³-hybridized carbons (Fsp3) is 0.333. The van der Waals surface area contributed by atoms with Crippen molar-refractivity contribution in [3.05, 3.63) is 69.8 Å². The molecule has 1 aliphatic rings. The summed E-state index contributed by atoms with van der Waals surface area (Å²) in [6, 6.07) is 12.5. The van der Waals surface area contributed by atoms with Gasteiger partial charge < -0.3 is 9.47 Å². The molecule has 0 aliphatic heterocycles. The molecule has 7 heteroatoms. The minimum Gasteiger partial charge on any atom is -0.497 e. The van der Waals surface area contributed by atoms with Crippen LogP contribution < -0.4 is 4.74 Å². The molecule has 1 saturated carbocycles. The van der Waals surface area contributed by atoms with Gasteiger partial charge in [0.2, 0.25) is 0 Å². The van der Waals surface area contributed by atoms with Crippen molar-refractivity contribution in [2.24, 2.45) is 0 Å². The molecule has 7 nitrogen and oxygen atoms in total. The van der Waals surface area contributed by atoms with Crippen molar-refractivity contribution in [3.8, 4) is 5.75 Å². The Kier molecular flexibility index (Phi) is 5.44. The second kappa shape index (κ2) is 7.80. The van der Waals surface area contributed by atoms with Crippen LogP contribution in [0.3, 0.4) is 0 Å². The SMILES string of the molecule is COc1ccc([C@]2(C(C)=O)CCC[C@H]2OC(=O)c2ccc([N+](=O)[O-])cc2)cc1. The van der Waals surface area contributed by atoms with Gasteiger partial charge >= 0.3 is 5.97 Å². The molecule has 1 fully saturated rings. The zero-order valence-electron chi connectivity index (χ0n) is 15.7. The normalized spacial score (nSPS) is 21.1. The van der Waals surface area contributed by atoms with Crippen LogP contribution in [0.5, 0.6) is 5.75 Å². The number of rotatable bonds is 6. The summed E-state index contributed by atoms with van der Waals surface area (Å²) in [7, 11) is 1.57. The summed E-state index contributed by atoms with van der Waals surface area (Å²) in [6.07, 6.45) is 1.32. The molecule has 146 valence electrons.